The molecule has 0 aromatic heterocycles. The smallest absolute Gasteiger partial charge is 0.258 e. The Labute approximate surface area is 114 Å². The highest BCUT2D eigenvalue weighted by molar-refractivity contribution is 5.97. The van der Waals surface area contributed by atoms with Crippen LogP contribution in [0.25, 0.3) is 0 Å². The zero-order chi connectivity index (χ0) is 14.7. The Morgan fingerprint density at radius 3 is 2.50 bits per heavy atom. The number of methoxy groups -OCH3 is 1. The third kappa shape index (κ3) is 1.77. The van der Waals surface area contributed by atoms with Crippen molar-refractivity contribution in [2.45, 2.75) is 12.8 Å². The van der Waals surface area contributed by atoms with Gasteiger partial charge in [-0.15, -0.1) is 0 Å². The highest BCUT2D eigenvalue weighted by Crippen LogP contribution is 2.59. The number of alkyl halides is 2. The maximum Gasteiger partial charge on any atom is 0.258 e. The molecular weight excluding hydrogens is 271 g/mol. The minimum Gasteiger partial charge on any atom is -0.496 e. The van der Waals surface area contributed by atoms with Gasteiger partial charge >= 0.3 is 0 Å². The van der Waals surface area contributed by atoms with Crippen molar-refractivity contribution in [2.75, 3.05) is 20.2 Å². The molecule has 1 saturated carbocycles. The van der Waals surface area contributed by atoms with E-state index in [-0.39, 0.29) is 24.4 Å². The van der Waals surface area contributed by atoms with E-state index < -0.39 is 29.5 Å². The highest BCUT2D eigenvalue weighted by atomic mass is 19.3. The van der Waals surface area contributed by atoms with Crippen LogP contribution in [0.15, 0.2) is 12.1 Å². The molecular formula is C14H14F3NO2. The molecule has 1 aliphatic carbocycles. The van der Waals surface area contributed by atoms with Crippen molar-refractivity contribution < 1.29 is 22.7 Å². The van der Waals surface area contributed by atoms with E-state index in [2.05, 4.69) is 0 Å². The Balaban J connectivity index is 1.84. The molecule has 2 unspecified atom stereocenters. The van der Waals surface area contributed by atoms with Crippen molar-refractivity contribution in [3.8, 4) is 5.75 Å². The molecule has 1 saturated heterocycles. The SMILES string of the molecule is COc1cc(C)c(F)cc1C(=O)N1CC2C(C1)C2(F)F. The van der Waals surface area contributed by atoms with Gasteiger partial charge in [-0.05, 0) is 24.6 Å². The van der Waals surface area contributed by atoms with Gasteiger partial charge in [0.1, 0.15) is 11.6 Å². The Morgan fingerprint density at radius 1 is 1.35 bits per heavy atom. The Kier molecular flexibility index (Phi) is 2.74. The molecule has 1 aromatic carbocycles. The third-order valence-electron chi connectivity index (χ3n) is 4.20. The summed E-state index contributed by atoms with van der Waals surface area (Å²) in [7, 11) is 1.39. The molecule has 1 amide bonds. The minimum atomic E-state index is -2.64. The van der Waals surface area contributed by atoms with Crippen LogP contribution in [0.3, 0.4) is 0 Å². The molecule has 3 nitrogen and oxygen atoms in total. The third-order valence-corrected chi connectivity index (χ3v) is 4.20. The first-order valence-electron chi connectivity index (χ1n) is 6.37. The van der Waals surface area contributed by atoms with Gasteiger partial charge in [-0.1, -0.05) is 0 Å². The summed E-state index contributed by atoms with van der Waals surface area (Å²) in [5.74, 6) is -4.83. The van der Waals surface area contributed by atoms with Crippen molar-refractivity contribution in [1.82, 2.24) is 4.90 Å². The minimum absolute atomic E-state index is 0.0230. The standard InChI is InChI=1S/C14H14F3NO2/c1-7-3-12(20-2)8(4-11(7)15)13(19)18-5-9-10(6-18)14(9,16)17/h3-4,9-10H,5-6H2,1-2H3. The van der Waals surface area contributed by atoms with Crippen LogP contribution in [0.1, 0.15) is 15.9 Å². The first-order valence-corrected chi connectivity index (χ1v) is 6.37. The normalized spacial score (nSPS) is 26.4. The van der Waals surface area contributed by atoms with Gasteiger partial charge < -0.3 is 9.64 Å². The number of piperidine rings is 1. The predicted molar refractivity (Wildman–Crippen MR) is 65.5 cm³/mol. The Hall–Kier alpha value is -1.72. The number of halogens is 3. The van der Waals surface area contributed by atoms with E-state index in [1.54, 1.807) is 6.92 Å². The molecule has 1 aliphatic heterocycles. The molecule has 2 aliphatic rings. The summed E-state index contributed by atoms with van der Waals surface area (Å²) in [6.07, 6.45) is 0. The molecule has 108 valence electrons. The van der Waals surface area contributed by atoms with Gasteiger partial charge in [0, 0.05) is 13.1 Å². The molecule has 2 fully saturated rings. The Morgan fingerprint density at radius 2 is 1.95 bits per heavy atom. The van der Waals surface area contributed by atoms with Crippen LogP contribution >= 0.6 is 0 Å². The average Bonchev–Trinajstić information content (AvgIpc) is 2.82. The molecule has 3 rings (SSSR count). The first-order chi connectivity index (χ1) is 9.36. The lowest BCUT2D eigenvalue weighted by Gasteiger charge is -2.21. The van der Waals surface area contributed by atoms with Crippen LogP contribution < -0.4 is 4.74 Å². The maximum absolute atomic E-state index is 13.6. The second kappa shape index (κ2) is 4.14. The second-order valence-corrected chi connectivity index (χ2v) is 5.40. The van der Waals surface area contributed by atoms with Gasteiger partial charge in [0.05, 0.1) is 24.5 Å². The summed E-state index contributed by atoms with van der Waals surface area (Å²) in [5.41, 5.74) is 0.453. The van der Waals surface area contributed by atoms with Gasteiger partial charge in [0.25, 0.3) is 11.8 Å². The first kappa shape index (κ1) is 13.3. The van der Waals surface area contributed by atoms with E-state index in [0.717, 1.165) is 6.07 Å². The molecule has 2 atom stereocenters. The van der Waals surface area contributed by atoms with E-state index in [0.29, 0.717) is 5.56 Å². The fraction of sp³-hybridized carbons (Fsp3) is 0.500. The van der Waals surface area contributed by atoms with Crippen LogP contribution in [-0.2, 0) is 0 Å². The summed E-state index contributed by atoms with van der Waals surface area (Å²) < 4.78 is 44.9. The molecule has 1 heterocycles. The summed E-state index contributed by atoms with van der Waals surface area (Å²) in [4.78, 5) is 13.6. The van der Waals surface area contributed by atoms with Crippen LogP contribution in [0.4, 0.5) is 13.2 Å². The van der Waals surface area contributed by atoms with Gasteiger partial charge in [0.2, 0.25) is 0 Å². The van der Waals surface area contributed by atoms with Gasteiger partial charge in [-0.2, -0.15) is 0 Å². The fourth-order valence-corrected chi connectivity index (χ4v) is 2.84. The number of carbonyl (C=O) groups excluding carboxylic acids is 1. The molecule has 0 N–H and O–H groups in total. The monoisotopic (exact) mass is 285 g/mol. The van der Waals surface area contributed by atoms with Gasteiger partial charge in [-0.3, -0.25) is 4.79 Å². The summed E-state index contributed by atoms with van der Waals surface area (Å²) in [6.45, 7) is 1.61. The number of aryl methyl sites for hydroxylation is 1. The zero-order valence-electron chi connectivity index (χ0n) is 11.1. The number of hydrogen-bond donors (Lipinski definition) is 0. The summed E-state index contributed by atoms with van der Waals surface area (Å²) in [6, 6.07) is 2.55. The number of fused-ring (bicyclic) bond motifs is 1. The van der Waals surface area contributed by atoms with Crippen molar-refractivity contribution in [3.63, 3.8) is 0 Å². The largest absolute Gasteiger partial charge is 0.496 e. The predicted octanol–water partition coefficient (Wildman–Crippen LogP) is 2.48. The average molecular weight is 285 g/mol. The molecule has 1 aromatic rings. The number of benzene rings is 1. The summed E-state index contributed by atoms with van der Waals surface area (Å²) in [5, 5.41) is 0. The lowest BCUT2D eigenvalue weighted by molar-refractivity contribution is 0.0457. The number of carbonyl (C=O) groups is 1. The van der Waals surface area contributed by atoms with Crippen molar-refractivity contribution in [1.29, 1.82) is 0 Å². The maximum atomic E-state index is 13.6. The topological polar surface area (TPSA) is 29.5 Å². The highest BCUT2D eigenvalue weighted by Gasteiger charge is 2.72. The summed E-state index contributed by atoms with van der Waals surface area (Å²) >= 11 is 0. The number of ether oxygens (including phenoxy) is 1. The van der Waals surface area contributed by atoms with Crippen LogP contribution in [0, 0.1) is 24.6 Å². The Bertz CT molecular complexity index is 574. The van der Waals surface area contributed by atoms with Crippen LogP contribution in [0.5, 0.6) is 5.75 Å². The number of amides is 1. The quantitative estimate of drug-likeness (QED) is 0.835. The van der Waals surface area contributed by atoms with E-state index >= 15 is 0 Å². The number of nitrogens with zero attached hydrogens (tertiary/aromatic N) is 1. The van der Waals surface area contributed by atoms with Gasteiger partial charge in [0.15, 0.2) is 0 Å². The lowest BCUT2D eigenvalue weighted by atomic mass is 10.1. The van der Waals surface area contributed by atoms with Crippen LogP contribution in [0.2, 0.25) is 0 Å². The van der Waals surface area contributed by atoms with E-state index in [4.69, 9.17) is 4.74 Å². The van der Waals surface area contributed by atoms with E-state index in [1.165, 1.54) is 18.1 Å². The zero-order valence-corrected chi connectivity index (χ0v) is 11.1. The number of hydrogen-bond acceptors (Lipinski definition) is 2. The molecule has 20 heavy (non-hydrogen) atoms. The van der Waals surface area contributed by atoms with Gasteiger partial charge in [-0.25, -0.2) is 13.2 Å². The molecule has 6 heteroatoms. The van der Waals surface area contributed by atoms with E-state index in [1.807, 2.05) is 0 Å². The number of rotatable bonds is 2. The number of likely N-dealkylation sites (tertiary alicyclic amines) is 1. The fourth-order valence-electron chi connectivity index (χ4n) is 2.84. The second-order valence-electron chi connectivity index (χ2n) is 5.40. The molecule has 0 spiro atoms. The lowest BCUT2D eigenvalue weighted by Crippen LogP contribution is -2.33. The van der Waals surface area contributed by atoms with E-state index in [9.17, 15) is 18.0 Å². The van der Waals surface area contributed by atoms with Crippen LogP contribution in [-0.4, -0.2) is 36.9 Å². The van der Waals surface area contributed by atoms with Crippen molar-refractivity contribution in [2.24, 2.45) is 11.8 Å². The van der Waals surface area contributed by atoms with Crippen molar-refractivity contribution in [3.05, 3.63) is 29.1 Å². The van der Waals surface area contributed by atoms with Crippen molar-refractivity contribution >= 4 is 5.91 Å². The molecule has 0 radical (unpaired) electrons. The molecule has 0 bridgehead atoms.